The van der Waals surface area contributed by atoms with Crippen molar-refractivity contribution in [1.82, 2.24) is 20.3 Å². The quantitative estimate of drug-likeness (QED) is 0.323. The fourth-order valence-corrected chi connectivity index (χ4v) is 3.66. The number of carbonyl (C=O) groups is 1. The third kappa shape index (κ3) is 8.58. The molecule has 0 fully saturated rings. The van der Waals surface area contributed by atoms with Crippen molar-refractivity contribution in [2.24, 2.45) is 4.99 Å². The number of benzene rings is 1. The van der Waals surface area contributed by atoms with Crippen LogP contribution < -0.4 is 16.0 Å². The van der Waals surface area contributed by atoms with Gasteiger partial charge in [-0.05, 0) is 52.3 Å². The molecule has 0 spiro atoms. The normalized spacial score (nSPS) is 12.8. The van der Waals surface area contributed by atoms with Gasteiger partial charge >= 0.3 is 6.09 Å². The van der Waals surface area contributed by atoms with Crippen LogP contribution >= 0.6 is 0 Å². The van der Waals surface area contributed by atoms with Crippen LogP contribution in [-0.2, 0) is 21.3 Å². The Labute approximate surface area is 180 Å². The molecule has 10 heteroatoms. The fourth-order valence-electron chi connectivity index (χ4n) is 2.29. The van der Waals surface area contributed by atoms with Gasteiger partial charge in [0.15, 0.2) is 5.96 Å². The summed E-state index contributed by atoms with van der Waals surface area (Å²) in [6.45, 7) is 10.4. The lowest BCUT2D eigenvalue weighted by Crippen LogP contribution is -2.42. The smallest absolute Gasteiger partial charge is 0.407 e. The number of hydrogen-bond acceptors (Lipinski definition) is 5. The van der Waals surface area contributed by atoms with Crippen molar-refractivity contribution in [1.29, 1.82) is 0 Å². The minimum atomic E-state index is -3.49. The first-order valence-corrected chi connectivity index (χ1v) is 11.3. The lowest BCUT2D eigenvalue weighted by Gasteiger charge is -2.21. The first-order chi connectivity index (χ1) is 13.9. The molecule has 9 nitrogen and oxygen atoms in total. The Morgan fingerprint density at radius 3 is 2.17 bits per heavy atom. The highest BCUT2D eigenvalue weighted by Gasteiger charge is 2.22. The molecule has 1 amide bonds. The van der Waals surface area contributed by atoms with Gasteiger partial charge < -0.3 is 20.7 Å². The van der Waals surface area contributed by atoms with E-state index in [1.165, 1.54) is 4.31 Å². The van der Waals surface area contributed by atoms with Crippen LogP contribution in [0.25, 0.3) is 0 Å². The SMILES string of the molecule is CN=C(NCCNC(=O)OC(C)(C)C)NCc1ccc(S(=O)(=O)N(C)C(C)C)cc1. The molecule has 0 heterocycles. The molecule has 0 aliphatic heterocycles. The van der Waals surface area contributed by atoms with E-state index in [0.717, 1.165) is 5.56 Å². The molecule has 0 aromatic heterocycles. The number of guanidine groups is 1. The Bertz CT molecular complexity index is 815. The molecule has 1 rings (SSSR count). The number of nitrogens with zero attached hydrogens (tertiary/aromatic N) is 2. The maximum absolute atomic E-state index is 12.5. The molecule has 3 N–H and O–H groups in total. The van der Waals surface area contributed by atoms with Crippen molar-refractivity contribution < 1.29 is 17.9 Å². The van der Waals surface area contributed by atoms with Crippen LogP contribution in [0.2, 0.25) is 0 Å². The first kappa shape index (κ1) is 25.7. The molecule has 0 aliphatic rings. The van der Waals surface area contributed by atoms with Crippen LogP contribution in [0.1, 0.15) is 40.2 Å². The van der Waals surface area contributed by atoms with Gasteiger partial charge in [-0.3, -0.25) is 4.99 Å². The summed E-state index contributed by atoms with van der Waals surface area (Å²) in [6.07, 6.45) is -0.467. The second-order valence-corrected chi connectivity index (χ2v) is 10.0. The van der Waals surface area contributed by atoms with Gasteiger partial charge in [0.1, 0.15) is 5.60 Å². The molecular formula is C20H35N5O4S. The Kier molecular flexibility index (Phi) is 9.57. The molecule has 0 radical (unpaired) electrons. The van der Waals surface area contributed by atoms with Crippen LogP contribution in [0.15, 0.2) is 34.2 Å². The van der Waals surface area contributed by atoms with E-state index in [1.807, 2.05) is 13.8 Å². The molecule has 0 saturated carbocycles. The van der Waals surface area contributed by atoms with Crippen LogP contribution in [0.5, 0.6) is 0 Å². The summed E-state index contributed by atoms with van der Waals surface area (Å²) in [7, 11) is -0.273. The highest BCUT2D eigenvalue weighted by Crippen LogP contribution is 2.17. The van der Waals surface area contributed by atoms with Crippen molar-refractivity contribution >= 4 is 22.1 Å². The van der Waals surface area contributed by atoms with Crippen molar-refractivity contribution in [2.45, 2.75) is 57.7 Å². The summed E-state index contributed by atoms with van der Waals surface area (Å²) in [6, 6.07) is 6.63. The predicted octanol–water partition coefficient (Wildman–Crippen LogP) is 1.91. The molecule has 0 unspecified atom stereocenters. The Balaban J connectivity index is 2.50. The molecule has 0 atom stereocenters. The lowest BCUT2D eigenvalue weighted by molar-refractivity contribution is 0.0529. The maximum Gasteiger partial charge on any atom is 0.407 e. The molecule has 1 aromatic rings. The molecule has 30 heavy (non-hydrogen) atoms. The van der Waals surface area contributed by atoms with E-state index in [0.29, 0.717) is 25.6 Å². The van der Waals surface area contributed by atoms with Gasteiger partial charge in [0, 0.05) is 39.8 Å². The third-order valence-corrected chi connectivity index (χ3v) is 6.14. The predicted molar refractivity (Wildman–Crippen MR) is 119 cm³/mol. The van der Waals surface area contributed by atoms with E-state index in [2.05, 4.69) is 20.9 Å². The summed E-state index contributed by atoms with van der Waals surface area (Å²) in [5.74, 6) is 0.567. The zero-order chi connectivity index (χ0) is 22.9. The zero-order valence-corrected chi connectivity index (χ0v) is 19.8. The molecule has 170 valence electrons. The van der Waals surface area contributed by atoms with Gasteiger partial charge in [0.2, 0.25) is 10.0 Å². The van der Waals surface area contributed by atoms with Crippen molar-refractivity contribution in [3.63, 3.8) is 0 Å². The van der Waals surface area contributed by atoms with Crippen LogP contribution in [0.3, 0.4) is 0 Å². The van der Waals surface area contributed by atoms with E-state index in [4.69, 9.17) is 4.74 Å². The summed E-state index contributed by atoms with van der Waals surface area (Å²) >= 11 is 0. The number of aliphatic imine (C=N–C) groups is 1. The summed E-state index contributed by atoms with van der Waals surface area (Å²) in [4.78, 5) is 16.0. The lowest BCUT2D eigenvalue weighted by atomic mass is 10.2. The van der Waals surface area contributed by atoms with Gasteiger partial charge in [0.25, 0.3) is 0 Å². The highest BCUT2D eigenvalue weighted by molar-refractivity contribution is 7.89. The number of alkyl carbamates (subject to hydrolysis) is 1. The van der Waals surface area contributed by atoms with Crippen molar-refractivity contribution in [3.8, 4) is 0 Å². The second kappa shape index (κ2) is 11.2. The number of sulfonamides is 1. The van der Waals surface area contributed by atoms with Gasteiger partial charge in [-0.1, -0.05) is 12.1 Å². The summed E-state index contributed by atoms with van der Waals surface area (Å²) in [5.41, 5.74) is 0.379. The number of rotatable bonds is 8. The zero-order valence-electron chi connectivity index (χ0n) is 18.9. The first-order valence-electron chi connectivity index (χ1n) is 9.85. The topological polar surface area (TPSA) is 112 Å². The molecule has 0 aliphatic carbocycles. The monoisotopic (exact) mass is 441 g/mol. The van der Waals surface area contributed by atoms with E-state index in [9.17, 15) is 13.2 Å². The summed E-state index contributed by atoms with van der Waals surface area (Å²) in [5, 5.41) is 8.90. The van der Waals surface area contributed by atoms with Crippen molar-refractivity contribution in [3.05, 3.63) is 29.8 Å². The Morgan fingerprint density at radius 1 is 1.10 bits per heavy atom. The number of amides is 1. The highest BCUT2D eigenvalue weighted by atomic mass is 32.2. The molecule has 1 aromatic carbocycles. The molecule has 0 saturated heterocycles. The number of hydrogen-bond donors (Lipinski definition) is 3. The minimum absolute atomic E-state index is 0.115. The molecular weight excluding hydrogens is 406 g/mol. The van der Waals surface area contributed by atoms with E-state index < -0.39 is 21.7 Å². The van der Waals surface area contributed by atoms with Gasteiger partial charge in [0.05, 0.1) is 4.90 Å². The van der Waals surface area contributed by atoms with Crippen LogP contribution in [-0.4, -0.2) is 63.6 Å². The number of ether oxygens (including phenoxy) is 1. The number of carbonyl (C=O) groups excluding carboxylic acids is 1. The van der Waals surface area contributed by atoms with Crippen LogP contribution in [0.4, 0.5) is 4.79 Å². The van der Waals surface area contributed by atoms with Crippen molar-refractivity contribution in [2.75, 3.05) is 27.2 Å². The molecule has 0 bridgehead atoms. The van der Waals surface area contributed by atoms with Crippen LogP contribution in [0, 0.1) is 0 Å². The third-order valence-electron chi connectivity index (χ3n) is 4.10. The standard InChI is InChI=1S/C20H35N5O4S/c1-15(2)25(7)30(27,28)17-10-8-16(9-11-17)14-24-18(21-6)22-12-13-23-19(26)29-20(3,4)5/h8-11,15H,12-14H2,1-7H3,(H,23,26)(H2,21,22,24). The fraction of sp³-hybridized carbons (Fsp3) is 0.600. The number of nitrogens with one attached hydrogen (secondary N) is 3. The van der Waals surface area contributed by atoms with E-state index in [1.54, 1.807) is 59.1 Å². The minimum Gasteiger partial charge on any atom is -0.444 e. The van der Waals surface area contributed by atoms with Gasteiger partial charge in [-0.2, -0.15) is 4.31 Å². The summed E-state index contributed by atoms with van der Waals surface area (Å²) < 4.78 is 31.5. The average Bonchev–Trinajstić information content (AvgIpc) is 2.65. The second-order valence-electron chi connectivity index (χ2n) is 8.04. The van der Waals surface area contributed by atoms with E-state index in [-0.39, 0.29) is 10.9 Å². The maximum atomic E-state index is 12.5. The Morgan fingerprint density at radius 2 is 1.67 bits per heavy atom. The Hall–Kier alpha value is -2.33. The van der Waals surface area contributed by atoms with Gasteiger partial charge in [-0.15, -0.1) is 0 Å². The average molecular weight is 442 g/mol. The largest absolute Gasteiger partial charge is 0.444 e. The van der Waals surface area contributed by atoms with Gasteiger partial charge in [-0.25, -0.2) is 13.2 Å². The van der Waals surface area contributed by atoms with E-state index >= 15 is 0 Å².